The molecule has 1 aromatic rings. The Morgan fingerprint density at radius 2 is 2.04 bits per heavy atom. The summed E-state index contributed by atoms with van der Waals surface area (Å²) in [4.78, 5) is 14.6. The molecular formula is C17H21Cl2NO4S. The third-order valence-electron chi connectivity index (χ3n) is 4.73. The van der Waals surface area contributed by atoms with Gasteiger partial charge in [-0.1, -0.05) is 29.3 Å². The van der Waals surface area contributed by atoms with Crippen LogP contribution in [0.5, 0.6) is 0 Å². The number of hydrogen-bond acceptors (Lipinski definition) is 4. The fourth-order valence-electron chi connectivity index (χ4n) is 3.41. The predicted octanol–water partition coefficient (Wildman–Crippen LogP) is 2.73. The van der Waals surface area contributed by atoms with Crippen LogP contribution in [-0.4, -0.2) is 56.0 Å². The molecule has 2 aliphatic rings. The highest BCUT2D eigenvalue weighted by Crippen LogP contribution is 2.25. The smallest absolute Gasteiger partial charge is 0.227 e. The second-order valence-electron chi connectivity index (χ2n) is 6.66. The first kappa shape index (κ1) is 19.0. The molecule has 0 bridgehead atoms. The van der Waals surface area contributed by atoms with Crippen molar-refractivity contribution in [2.75, 3.05) is 24.7 Å². The number of nitrogens with zero attached hydrogens (tertiary/aromatic N) is 1. The van der Waals surface area contributed by atoms with E-state index in [1.807, 2.05) is 0 Å². The Morgan fingerprint density at radius 3 is 2.64 bits per heavy atom. The molecule has 0 unspecified atom stereocenters. The summed E-state index contributed by atoms with van der Waals surface area (Å²) in [6.07, 6.45) is 2.52. The minimum atomic E-state index is -3.07. The number of carbonyl (C=O) groups is 1. The molecule has 1 aromatic carbocycles. The second-order valence-corrected chi connectivity index (χ2v) is 9.71. The van der Waals surface area contributed by atoms with Gasteiger partial charge in [-0.2, -0.15) is 0 Å². The lowest BCUT2D eigenvalue weighted by Gasteiger charge is -2.30. The summed E-state index contributed by atoms with van der Waals surface area (Å²) in [5, 5.41) is 0.844. The van der Waals surface area contributed by atoms with Crippen molar-refractivity contribution in [2.24, 2.45) is 0 Å². The number of benzene rings is 1. The first-order chi connectivity index (χ1) is 11.8. The van der Waals surface area contributed by atoms with Gasteiger partial charge in [0.15, 0.2) is 9.84 Å². The Hall–Kier alpha value is -0.820. The molecule has 5 nitrogen and oxygen atoms in total. The molecule has 0 spiro atoms. The predicted molar refractivity (Wildman–Crippen MR) is 97.9 cm³/mol. The molecule has 2 heterocycles. The normalized spacial score (nSPS) is 25.2. The van der Waals surface area contributed by atoms with Crippen molar-refractivity contribution in [3.63, 3.8) is 0 Å². The van der Waals surface area contributed by atoms with Gasteiger partial charge in [-0.05, 0) is 37.0 Å². The molecule has 0 aliphatic carbocycles. The highest BCUT2D eigenvalue weighted by atomic mass is 35.5. The van der Waals surface area contributed by atoms with Crippen molar-refractivity contribution in [1.29, 1.82) is 0 Å². The largest absolute Gasteiger partial charge is 0.376 e. The Morgan fingerprint density at radius 1 is 1.24 bits per heavy atom. The zero-order valence-electron chi connectivity index (χ0n) is 13.8. The summed E-state index contributed by atoms with van der Waals surface area (Å²) in [6.45, 7) is 1.14. The minimum absolute atomic E-state index is 0.0129. The van der Waals surface area contributed by atoms with Gasteiger partial charge in [-0.3, -0.25) is 4.79 Å². The van der Waals surface area contributed by atoms with Crippen molar-refractivity contribution in [3.05, 3.63) is 33.8 Å². The van der Waals surface area contributed by atoms with Crippen LogP contribution in [0.3, 0.4) is 0 Å². The van der Waals surface area contributed by atoms with Crippen LogP contribution in [0.25, 0.3) is 0 Å². The van der Waals surface area contributed by atoms with Crippen LogP contribution in [0.15, 0.2) is 18.2 Å². The summed E-state index contributed by atoms with van der Waals surface area (Å²) in [6, 6.07) is 4.83. The Bertz CT molecular complexity index is 747. The van der Waals surface area contributed by atoms with E-state index in [-0.39, 0.29) is 36.0 Å². The van der Waals surface area contributed by atoms with Crippen molar-refractivity contribution in [3.8, 4) is 0 Å². The monoisotopic (exact) mass is 405 g/mol. The van der Waals surface area contributed by atoms with Gasteiger partial charge in [0.2, 0.25) is 5.91 Å². The fourth-order valence-corrected chi connectivity index (χ4v) is 5.46. The van der Waals surface area contributed by atoms with E-state index in [0.717, 1.165) is 18.4 Å². The first-order valence-corrected chi connectivity index (χ1v) is 11.0. The van der Waals surface area contributed by atoms with Gasteiger partial charge in [0.05, 0.1) is 34.1 Å². The molecule has 2 saturated heterocycles. The molecule has 138 valence electrons. The topological polar surface area (TPSA) is 63.7 Å². The molecule has 2 fully saturated rings. The van der Waals surface area contributed by atoms with E-state index in [0.29, 0.717) is 29.6 Å². The molecule has 0 aromatic heterocycles. The third-order valence-corrected chi connectivity index (χ3v) is 7.22. The molecule has 2 atom stereocenters. The second kappa shape index (κ2) is 7.82. The maximum atomic E-state index is 12.9. The summed E-state index contributed by atoms with van der Waals surface area (Å²) in [5.41, 5.74) is 0.762. The van der Waals surface area contributed by atoms with E-state index in [1.54, 1.807) is 23.1 Å². The van der Waals surface area contributed by atoms with E-state index in [2.05, 4.69) is 0 Å². The first-order valence-electron chi connectivity index (χ1n) is 8.39. The lowest BCUT2D eigenvalue weighted by atomic mass is 10.1. The lowest BCUT2D eigenvalue weighted by Crippen LogP contribution is -2.46. The zero-order chi connectivity index (χ0) is 18.0. The molecule has 2 aliphatic heterocycles. The number of carbonyl (C=O) groups excluding carboxylic acids is 1. The highest BCUT2D eigenvalue weighted by Gasteiger charge is 2.36. The SMILES string of the molecule is O=C(Cc1ccc(Cl)c(Cl)c1)N(C[C@H]1CCCO1)[C@@H]1CCS(=O)(=O)C1. The van der Waals surface area contributed by atoms with E-state index in [4.69, 9.17) is 27.9 Å². The quantitative estimate of drug-likeness (QED) is 0.755. The van der Waals surface area contributed by atoms with Crippen LogP contribution in [0.4, 0.5) is 0 Å². The van der Waals surface area contributed by atoms with Crippen LogP contribution in [0, 0.1) is 0 Å². The van der Waals surface area contributed by atoms with Crippen LogP contribution in [-0.2, 0) is 25.8 Å². The molecular weight excluding hydrogens is 385 g/mol. The van der Waals surface area contributed by atoms with Gasteiger partial charge >= 0.3 is 0 Å². The molecule has 8 heteroatoms. The van der Waals surface area contributed by atoms with Gasteiger partial charge in [0, 0.05) is 19.2 Å². The van der Waals surface area contributed by atoms with Crippen LogP contribution in [0.1, 0.15) is 24.8 Å². The number of hydrogen-bond donors (Lipinski definition) is 0. The van der Waals surface area contributed by atoms with Crippen molar-refractivity contribution in [1.82, 2.24) is 4.90 Å². The van der Waals surface area contributed by atoms with Crippen LogP contribution < -0.4 is 0 Å². The zero-order valence-corrected chi connectivity index (χ0v) is 16.1. The average Bonchev–Trinajstić information content (AvgIpc) is 3.17. The van der Waals surface area contributed by atoms with E-state index < -0.39 is 9.84 Å². The molecule has 0 N–H and O–H groups in total. The third kappa shape index (κ3) is 4.88. The van der Waals surface area contributed by atoms with Gasteiger partial charge in [0.1, 0.15) is 0 Å². The van der Waals surface area contributed by atoms with Gasteiger partial charge < -0.3 is 9.64 Å². The number of rotatable bonds is 5. The van der Waals surface area contributed by atoms with Gasteiger partial charge in [0.25, 0.3) is 0 Å². The average molecular weight is 406 g/mol. The minimum Gasteiger partial charge on any atom is -0.376 e. The van der Waals surface area contributed by atoms with Crippen LogP contribution in [0.2, 0.25) is 10.0 Å². The highest BCUT2D eigenvalue weighted by molar-refractivity contribution is 7.91. The molecule has 1 amide bonds. The number of halogens is 2. The lowest BCUT2D eigenvalue weighted by molar-refractivity contribution is -0.134. The number of sulfone groups is 1. The van der Waals surface area contributed by atoms with Crippen molar-refractivity contribution >= 4 is 38.9 Å². The fraction of sp³-hybridized carbons (Fsp3) is 0.588. The van der Waals surface area contributed by atoms with Gasteiger partial charge in [-0.25, -0.2) is 8.42 Å². The number of ether oxygens (including phenoxy) is 1. The molecule has 3 rings (SSSR count). The van der Waals surface area contributed by atoms with E-state index in [1.165, 1.54) is 0 Å². The Labute approximate surface area is 158 Å². The van der Waals surface area contributed by atoms with Crippen LogP contribution >= 0.6 is 23.2 Å². The number of amides is 1. The van der Waals surface area contributed by atoms with Gasteiger partial charge in [-0.15, -0.1) is 0 Å². The molecule has 0 saturated carbocycles. The summed E-state index contributed by atoms with van der Waals surface area (Å²) >= 11 is 11.9. The summed E-state index contributed by atoms with van der Waals surface area (Å²) in [7, 11) is -3.07. The Kier molecular flexibility index (Phi) is 5.93. The summed E-state index contributed by atoms with van der Waals surface area (Å²) < 4.78 is 29.3. The van der Waals surface area contributed by atoms with E-state index in [9.17, 15) is 13.2 Å². The summed E-state index contributed by atoms with van der Waals surface area (Å²) in [5.74, 6) is 0.0723. The molecule has 0 radical (unpaired) electrons. The van der Waals surface area contributed by atoms with E-state index >= 15 is 0 Å². The molecule has 25 heavy (non-hydrogen) atoms. The Balaban J connectivity index is 1.74. The maximum absolute atomic E-state index is 12.9. The van der Waals surface area contributed by atoms with Crippen molar-refractivity contribution < 1.29 is 17.9 Å². The van der Waals surface area contributed by atoms with Crippen molar-refractivity contribution in [2.45, 2.75) is 37.8 Å². The maximum Gasteiger partial charge on any atom is 0.227 e. The standard InChI is InChI=1S/C17H21Cl2NO4S/c18-15-4-3-12(8-16(15)19)9-17(21)20(10-14-2-1-6-24-14)13-5-7-25(22,23)11-13/h3-4,8,13-14H,1-2,5-7,9-11H2/t13-,14-/m1/s1.